The smallest absolute Gasteiger partial charge is 0.138 e. The Morgan fingerprint density at radius 2 is 1.52 bits per heavy atom. The zero-order chi connectivity index (χ0) is 18.2. The third-order valence-corrected chi connectivity index (χ3v) is 3.53. The van der Waals surface area contributed by atoms with E-state index in [0.29, 0.717) is 5.56 Å². The molecule has 0 amide bonds. The normalized spacial score (nSPS) is 9.64. The summed E-state index contributed by atoms with van der Waals surface area (Å²) in [5.74, 6) is 0.450. The van der Waals surface area contributed by atoms with Gasteiger partial charge in [-0.3, -0.25) is 5.41 Å². The fourth-order valence-corrected chi connectivity index (χ4v) is 2.12. The average molecular weight is 331 g/mol. The van der Waals surface area contributed by atoms with Gasteiger partial charge in [-0.05, 0) is 12.5 Å². The maximum atomic E-state index is 8.08. The highest BCUT2D eigenvalue weighted by Crippen LogP contribution is 2.19. The van der Waals surface area contributed by atoms with Crippen molar-refractivity contribution < 1.29 is 0 Å². The van der Waals surface area contributed by atoms with Crippen molar-refractivity contribution in [2.75, 3.05) is 11.5 Å². The van der Waals surface area contributed by atoms with E-state index in [1.807, 2.05) is 67.6 Å². The molecule has 1 aromatic heterocycles. The molecule has 0 radical (unpaired) electrons. The molecule has 5 N–H and O–H groups in total. The van der Waals surface area contributed by atoms with Gasteiger partial charge in [-0.1, -0.05) is 72.8 Å². The number of rotatable bonds is 3. The van der Waals surface area contributed by atoms with E-state index in [2.05, 4.69) is 16.5 Å². The second kappa shape index (κ2) is 8.40. The molecule has 5 heteroatoms. The summed E-state index contributed by atoms with van der Waals surface area (Å²) in [6, 6.07) is 17.6. The monoisotopic (exact) mass is 331 g/mol. The molecule has 0 atom stereocenters. The Labute approximate surface area is 147 Å². The molecular formula is C20H21N5. The van der Waals surface area contributed by atoms with Gasteiger partial charge in [0.05, 0.1) is 11.3 Å². The van der Waals surface area contributed by atoms with Crippen molar-refractivity contribution in [2.24, 2.45) is 0 Å². The molecule has 5 nitrogen and oxygen atoms in total. The molecule has 3 aromatic rings. The van der Waals surface area contributed by atoms with E-state index in [9.17, 15) is 0 Å². The van der Waals surface area contributed by atoms with Gasteiger partial charge in [0.25, 0.3) is 0 Å². The van der Waals surface area contributed by atoms with Crippen LogP contribution in [-0.4, -0.2) is 15.7 Å². The van der Waals surface area contributed by atoms with Crippen molar-refractivity contribution in [1.29, 1.82) is 5.41 Å². The highest BCUT2D eigenvalue weighted by molar-refractivity contribution is 6.15. The lowest BCUT2D eigenvalue weighted by atomic mass is 10.0. The minimum atomic E-state index is 0.225. The van der Waals surface area contributed by atoms with Gasteiger partial charge in [-0.15, -0.1) is 0 Å². The molecule has 25 heavy (non-hydrogen) atoms. The quantitative estimate of drug-likeness (QED) is 0.637. The Kier molecular flexibility index (Phi) is 6.01. The molecule has 0 spiro atoms. The SMILES string of the molecule is C=Cc1ccccc1.Cc1ccc(C(=N)c2c(N)ncnc2N)cc1. The van der Waals surface area contributed by atoms with Crippen LogP contribution < -0.4 is 11.5 Å². The maximum Gasteiger partial charge on any atom is 0.138 e. The third-order valence-electron chi connectivity index (χ3n) is 3.53. The van der Waals surface area contributed by atoms with E-state index >= 15 is 0 Å². The lowest BCUT2D eigenvalue weighted by molar-refractivity contribution is 1.17. The number of benzene rings is 2. The van der Waals surface area contributed by atoms with E-state index in [1.165, 1.54) is 11.9 Å². The lowest BCUT2D eigenvalue weighted by Crippen LogP contribution is -2.11. The fraction of sp³-hybridized carbons (Fsp3) is 0.0500. The highest BCUT2D eigenvalue weighted by Gasteiger charge is 2.13. The second-order valence-electron chi connectivity index (χ2n) is 5.37. The predicted octanol–water partition coefficient (Wildman–Crippen LogP) is 3.70. The Morgan fingerprint density at radius 1 is 0.960 bits per heavy atom. The number of nitrogens with zero attached hydrogens (tertiary/aromatic N) is 2. The minimum Gasteiger partial charge on any atom is -0.383 e. The van der Waals surface area contributed by atoms with Crippen LogP contribution in [0.5, 0.6) is 0 Å². The summed E-state index contributed by atoms with van der Waals surface area (Å²) in [6.07, 6.45) is 3.12. The van der Waals surface area contributed by atoms with Crippen LogP contribution in [0.25, 0.3) is 6.08 Å². The first-order valence-corrected chi connectivity index (χ1v) is 7.72. The predicted molar refractivity (Wildman–Crippen MR) is 104 cm³/mol. The number of anilines is 2. The molecule has 126 valence electrons. The topological polar surface area (TPSA) is 102 Å². The van der Waals surface area contributed by atoms with Crippen molar-refractivity contribution in [1.82, 2.24) is 9.97 Å². The maximum absolute atomic E-state index is 8.08. The number of nitrogen functional groups attached to an aromatic ring is 2. The first-order chi connectivity index (χ1) is 12.0. The summed E-state index contributed by atoms with van der Waals surface area (Å²) in [5.41, 5.74) is 15.1. The van der Waals surface area contributed by atoms with Crippen molar-refractivity contribution in [2.45, 2.75) is 6.92 Å². The highest BCUT2D eigenvalue weighted by atomic mass is 15.0. The Bertz CT molecular complexity index is 835. The molecule has 0 saturated carbocycles. The first-order valence-electron chi connectivity index (χ1n) is 7.72. The van der Waals surface area contributed by atoms with Crippen molar-refractivity contribution in [3.05, 3.63) is 89.8 Å². The standard InChI is InChI=1S/C12H13N5.C8H8/c1-7-2-4-8(5-3-7)10(13)9-11(14)16-6-17-12(9)15;1-2-8-6-4-3-5-7-8/h2-6,13H,1H3,(H4,14,15,16,17);2-7H,1H2. The Hall–Kier alpha value is -3.47. The van der Waals surface area contributed by atoms with Gasteiger partial charge >= 0.3 is 0 Å². The van der Waals surface area contributed by atoms with Crippen LogP contribution in [0.1, 0.15) is 22.3 Å². The Morgan fingerprint density at radius 3 is 2.00 bits per heavy atom. The van der Waals surface area contributed by atoms with Gasteiger partial charge in [0.2, 0.25) is 0 Å². The third kappa shape index (κ3) is 4.75. The van der Waals surface area contributed by atoms with Crippen LogP contribution in [0.4, 0.5) is 11.6 Å². The van der Waals surface area contributed by atoms with E-state index < -0.39 is 0 Å². The van der Waals surface area contributed by atoms with Gasteiger partial charge in [0.15, 0.2) is 0 Å². The van der Waals surface area contributed by atoms with Gasteiger partial charge in [-0.2, -0.15) is 0 Å². The molecule has 1 heterocycles. The van der Waals surface area contributed by atoms with Gasteiger partial charge in [0, 0.05) is 5.56 Å². The molecule has 0 aliphatic rings. The van der Waals surface area contributed by atoms with Gasteiger partial charge < -0.3 is 11.5 Å². The van der Waals surface area contributed by atoms with Crippen LogP contribution >= 0.6 is 0 Å². The summed E-state index contributed by atoms with van der Waals surface area (Å²) in [4.78, 5) is 7.70. The molecule has 0 fully saturated rings. The summed E-state index contributed by atoms with van der Waals surface area (Å²) in [6.45, 7) is 5.62. The van der Waals surface area contributed by atoms with Crippen LogP contribution in [-0.2, 0) is 0 Å². The summed E-state index contributed by atoms with van der Waals surface area (Å²) in [7, 11) is 0. The average Bonchev–Trinajstić information content (AvgIpc) is 2.63. The zero-order valence-electron chi connectivity index (χ0n) is 14.1. The molecule has 0 unspecified atom stereocenters. The molecule has 0 aliphatic heterocycles. The largest absolute Gasteiger partial charge is 0.383 e. The molecular weight excluding hydrogens is 310 g/mol. The van der Waals surface area contributed by atoms with E-state index in [4.69, 9.17) is 16.9 Å². The number of nitrogens with one attached hydrogen (secondary N) is 1. The zero-order valence-corrected chi connectivity index (χ0v) is 14.1. The van der Waals surface area contributed by atoms with Crippen molar-refractivity contribution in [3.8, 4) is 0 Å². The van der Waals surface area contributed by atoms with Crippen LogP contribution in [0.3, 0.4) is 0 Å². The van der Waals surface area contributed by atoms with Crippen molar-refractivity contribution >= 4 is 23.4 Å². The number of hydrogen-bond donors (Lipinski definition) is 3. The molecule has 3 rings (SSSR count). The fourth-order valence-electron chi connectivity index (χ4n) is 2.12. The first kappa shape index (κ1) is 17.9. The second-order valence-corrected chi connectivity index (χ2v) is 5.37. The summed E-state index contributed by atoms with van der Waals surface area (Å²) >= 11 is 0. The Balaban J connectivity index is 0.000000236. The van der Waals surface area contributed by atoms with Crippen LogP contribution in [0.15, 0.2) is 67.5 Å². The van der Waals surface area contributed by atoms with Crippen LogP contribution in [0, 0.1) is 12.3 Å². The van der Waals surface area contributed by atoms with Crippen LogP contribution in [0.2, 0.25) is 0 Å². The summed E-state index contributed by atoms with van der Waals surface area (Å²) in [5, 5.41) is 8.08. The lowest BCUT2D eigenvalue weighted by Gasteiger charge is -2.09. The molecule has 2 aromatic carbocycles. The molecule has 0 bridgehead atoms. The number of hydrogen-bond acceptors (Lipinski definition) is 5. The molecule has 0 aliphatic carbocycles. The number of aryl methyl sites for hydroxylation is 1. The van der Waals surface area contributed by atoms with Gasteiger partial charge in [-0.25, -0.2) is 9.97 Å². The van der Waals surface area contributed by atoms with E-state index in [1.54, 1.807) is 0 Å². The molecule has 0 saturated heterocycles. The van der Waals surface area contributed by atoms with E-state index in [-0.39, 0.29) is 17.3 Å². The minimum absolute atomic E-state index is 0.225. The summed E-state index contributed by atoms with van der Waals surface area (Å²) < 4.78 is 0. The van der Waals surface area contributed by atoms with E-state index in [0.717, 1.165) is 11.1 Å². The van der Waals surface area contributed by atoms with Crippen molar-refractivity contribution in [3.63, 3.8) is 0 Å². The number of aromatic nitrogens is 2. The van der Waals surface area contributed by atoms with Gasteiger partial charge in [0.1, 0.15) is 18.0 Å². The number of nitrogens with two attached hydrogens (primary N) is 2.